The van der Waals surface area contributed by atoms with E-state index < -0.39 is 6.10 Å². The monoisotopic (exact) mass is 420 g/mol. The largest absolute Gasteiger partial charge is 0.487 e. The van der Waals surface area contributed by atoms with E-state index in [2.05, 4.69) is 26.5 Å². The molecule has 3 aromatic rings. The number of benzene rings is 2. The molecule has 2 aliphatic heterocycles. The number of ether oxygens (including phenoxy) is 1. The molecule has 2 aliphatic rings. The topological polar surface area (TPSA) is 90.5 Å². The minimum absolute atomic E-state index is 0.151. The fourth-order valence-electron chi connectivity index (χ4n) is 4.68. The van der Waals surface area contributed by atoms with E-state index in [9.17, 15) is 9.90 Å². The number of aromatic nitrogens is 2. The molecular weight excluding hydrogens is 392 g/mol. The van der Waals surface area contributed by atoms with Gasteiger partial charge < -0.3 is 20.1 Å². The van der Waals surface area contributed by atoms with Crippen molar-refractivity contribution in [2.24, 2.45) is 0 Å². The van der Waals surface area contributed by atoms with E-state index in [1.807, 2.05) is 42.5 Å². The van der Waals surface area contributed by atoms with Crippen molar-refractivity contribution in [2.45, 2.75) is 43.9 Å². The number of aryl methyl sites for hydroxylation is 1. The van der Waals surface area contributed by atoms with E-state index in [1.165, 1.54) is 5.56 Å². The summed E-state index contributed by atoms with van der Waals surface area (Å²) in [6, 6.07) is 15.9. The highest BCUT2D eigenvalue weighted by atomic mass is 16.5. The lowest BCUT2D eigenvalue weighted by molar-refractivity contribution is -0.00172. The molecule has 0 bridgehead atoms. The molecule has 0 spiro atoms. The van der Waals surface area contributed by atoms with Crippen molar-refractivity contribution in [1.82, 2.24) is 15.1 Å². The van der Waals surface area contributed by atoms with Crippen LogP contribution in [0.2, 0.25) is 0 Å². The zero-order valence-corrected chi connectivity index (χ0v) is 17.5. The lowest BCUT2D eigenvalue weighted by Crippen LogP contribution is -2.47. The number of hydrogen-bond donors (Lipinski definition) is 3. The van der Waals surface area contributed by atoms with E-state index in [4.69, 9.17) is 4.74 Å². The Labute approximate surface area is 181 Å². The Morgan fingerprint density at radius 3 is 2.68 bits per heavy atom. The number of nitrogens with zero attached hydrogens (tertiary/aromatic N) is 2. The van der Waals surface area contributed by atoms with Crippen LogP contribution >= 0.6 is 0 Å². The second-order valence-electron chi connectivity index (χ2n) is 8.54. The van der Waals surface area contributed by atoms with Gasteiger partial charge in [-0.2, -0.15) is 5.10 Å². The smallest absolute Gasteiger partial charge is 0.272 e. The van der Waals surface area contributed by atoms with Gasteiger partial charge >= 0.3 is 0 Å². The quantitative estimate of drug-likeness (QED) is 0.588. The molecular formula is C24H28N4O3. The third-order valence-electron chi connectivity index (χ3n) is 6.45. The molecule has 5 rings (SSSR count). The Kier molecular flexibility index (Phi) is 5.61. The van der Waals surface area contributed by atoms with E-state index in [-0.39, 0.29) is 17.7 Å². The first-order chi connectivity index (χ1) is 15.2. The van der Waals surface area contributed by atoms with Gasteiger partial charge in [-0.1, -0.05) is 36.4 Å². The normalized spacial score (nSPS) is 20.7. The van der Waals surface area contributed by atoms with Crippen molar-refractivity contribution < 1.29 is 9.84 Å². The van der Waals surface area contributed by atoms with Gasteiger partial charge in [-0.25, -0.2) is 5.10 Å². The molecule has 1 fully saturated rings. The number of aliphatic hydroxyl groups excluding tert-OH is 1. The first kappa shape index (κ1) is 20.0. The van der Waals surface area contributed by atoms with Crippen LogP contribution in [-0.4, -0.2) is 58.1 Å². The van der Waals surface area contributed by atoms with Gasteiger partial charge in [-0.15, -0.1) is 0 Å². The highest BCUT2D eigenvalue weighted by Gasteiger charge is 2.29. The molecule has 0 amide bonds. The van der Waals surface area contributed by atoms with Crippen LogP contribution in [0, 0.1) is 0 Å². The van der Waals surface area contributed by atoms with Crippen molar-refractivity contribution in [3.05, 3.63) is 64.4 Å². The molecule has 0 saturated carbocycles. The highest BCUT2D eigenvalue weighted by Crippen LogP contribution is 2.29. The third kappa shape index (κ3) is 4.29. The number of para-hydroxylation sites is 1. The maximum absolute atomic E-state index is 12.0. The summed E-state index contributed by atoms with van der Waals surface area (Å²) in [6.07, 6.45) is 3.06. The summed E-state index contributed by atoms with van der Waals surface area (Å²) in [6.45, 7) is 2.43. The first-order valence-electron chi connectivity index (χ1n) is 11.1. The lowest BCUT2D eigenvalue weighted by atomic mass is 9.98. The highest BCUT2D eigenvalue weighted by molar-refractivity contribution is 5.90. The van der Waals surface area contributed by atoms with E-state index >= 15 is 0 Å². The molecule has 2 aromatic carbocycles. The summed E-state index contributed by atoms with van der Waals surface area (Å²) in [5.41, 5.74) is 1.05. The number of aromatic amines is 1. The minimum atomic E-state index is -0.498. The number of rotatable bonds is 5. The summed E-state index contributed by atoms with van der Waals surface area (Å²) in [4.78, 5) is 14.3. The Balaban J connectivity index is 1.15. The van der Waals surface area contributed by atoms with Gasteiger partial charge in [0.15, 0.2) is 5.82 Å². The lowest BCUT2D eigenvalue weighted by Gasteiger charge is -2.36. The Bertz CT molecular complexity index is 1110. The number of β-amino-alcohol motifs (C(OH)–C–C–N with tert-alkyl or cyclic N) is 1. The van der Waals surface area contributed by atoms with Crippen LogP contribution in [0.15, 0.2) is 53.3 Å². The fourth-order valence-corrected chi connectivity index (χ4v) is 4.68. The molecule has 3 heterocycles. The van der Waals surface area contributed by atoms with Crippen LogP contribution in [0.4, 0.5) is 5.82 Å². The Morgan fingerprint density at radius 2 is 1.84 bits per heavy atom. The van der Waals surface area contributed by atoms with E-state index in [0.29, 0.717) is 11.9 Å². The van der Waals surface area contributed by atoms with Gasteiger partial charge in [0.2, 0.25) is 0 Å². The van der Waals surface area contributed by atoms with Gasteiger partial charge in [-0.3, -0.25) is 4.79 Å². The van der Waals surface area contributed by atoms with Gasteiger partial charge in [0, 0.05) is 31.1 Å². The molecule has 0 unspecified atom stereocenters. The molecule has 7 heteroatoms. The number of H-pyrrole nitrogens is 1. The van der Waals surface area contributed by atoms with Crippen LogP contribution in [0.1, 0.15) is 24.8 Å². The molecule has 1 saturated heterocycles. The number of piperidine rings is 1. The molecule has 2 atom stereocenters. The van der Waals surface area contributed by atoms with Gasteiger partial charge in [0.1, 0.15) is 18.0 Å². The molecule has 0 aliphatic carbocycles. The van der Waals surface area contributed by atoms with Crippen molar-refractivity contribution in [3.63, 3.8) is 0 Å². The number of nitrogens with one attached hydrogen (secondary N) is 2. The van der Waals surface area contributed by atoms with Gasteiger partial charge in [0.25, 0.3) is 5.56 Å². The average Bonchev–Trinajstić information content (AvgIpc) is 2.82. The minimum Gasteiger partial charge on any atom is -0.487 e. The standard InChI is InChI=1S/C24H28N4O3/c29-20(22-10-9-16-5-1-4-8-21(16)31-22)15-28-13-11-17(12-14-28)25-23-18-6-2-3-7-19(18)24(30)27-26-23/h1-8,17,20,22,29H,9-15H2,(H,25,26)(H,27,30)/t20-,22-/m1/s1. The van der Waals surface area contributed by atoms with E-state index in [1.54, 1.807) is 0 Å². The van der Waals surface area contributed by atoms with Crippen molar-refractivity contribution in [1.29, 1.82) is 0 Å². The van der Waals surface area contributed by atoms with Crippen molar-refractivity contribution in [2.75, 3.05) is 25.0 Å². The fraction of sp³-hybridized carbons (Fsp3) is 0.417. The van der Waals surface area contributed by atoms with Crippen LogP contribution in [0.5, 0.6) is 5.75 Å². The summed E-state index contributed by atoms with van der Waals surface area (Å²) in [7, 11) is 0. The van der Waals surface area contributed by atoms with Crippen LogP contribution < -0.4 is 15.6 Å². The number of anilines is 1. The predicted octanol–water partition coefficient (Wildman–Crippen LogP) is 2.55. The molecule has 3 N–H and O–H groups in total. The van der Waals surface area contributed by atoms with E-state index in [0.717, 1.165) is 55.7 Å². The van der Waals surface area contributed by atoms with Crippen molar-refractivity contribution in [3.8, 4) is 5.75 Å². The molecule has 7 nitrogen and oxygen atoms in total. The summed E-state index contributed by atoms with van der Waals surface area (Å²) >= 11 is 0. The summed E-state index contributed by atoms with van der Waals surface area (Å²) in [5, 5.41) is 22.6. The number of fused-ring (bicyclic) bond motifs is 2. The average molecular weight is 421 g/mol. The zero-order valence-electron chi connectivity index (χ0n) is 17.5. The molecule has 162 valence electrons. The third-order valence-corrected chi connectivity index (χ3v) is 6.45. The second-order valence-corrected chi connectivity index (χ2v) is 8.54. The summed E-state index contributed by atoms with van der Waals surface area (Å²) < 4.78 is 6.06. The Morgan fingerprint density at radius 1 is 1.10 bits per heavy atom. The SMILES string of the molecule is O=c1[nH]nc(NC2CCN(C[C@@H](O)[C@H]3CCc4ccccc4O3)CC2)c2ccccc12. The van der Waals surface area contributed by atoms with Crippen LogP contribution in [0.25, 0.3) is 10.8 Å². The second kappa shape index (κ2) is 8.69. The molecule has 1 aromatic heterocycles. The Hall–Kier alpha value is -2.90. The number of likely N-dealkylation sites (tertiary alicyclic amines) is 1. The van der Waals surface area contributed by atoms with Crippen molar-refractivity contribution >= 4 is 16.6 Å². The maximum atomic E-state index is 12.0. The predicted molar refractivity (Wildman–Crippen MR) is 121 cm³/mol. The summed E-state index contributed by atoms with van der Waals surface area (Å²) in [5.74, 6) is 1.63. The van der Waals surface area contributed by atoms with Gasteiger partial charge in [-0.05, 0) is 43.4 Å². The first-order valence-corrected chi connectivity index (χ1v) is 11.1. The zero-order chi connectivity index (χ0) is 21.2. The number of hydrogen-bond acceptors (Lipinski definition) is 6. The number of aliphatic hydroxyl groups is 1. The maximum Gasteiger partial charge on any atom is 0.272 e. The molecule has 0 radical (unpaired) electrons. The van der Waals surface area contributed by atoms with Crippen LogP contribution in [-0.2, 0) is 6.42 Å². The van der Waals surface area contributed by atoms with Crippen LogP contribution in [0.3, 0.4) is 0 Å². The van der Waals surface area contributed by atoms with Gasteiger partial charge in [0.05, 0.1) is 5.39 Å². The molecule has 31 heavy (non-hydrogen) atoms.